The van der Waals surface area contributed by atoms with Crippen LogP contribution in [0, 0.1) is 5.92 Å². The van der Waals surface area contributed by atoms with Gasteiger partial charge in [-0.2, -0.15) is 0 Å². The van der Waals surface area contributed by atoms with Crippen LogP contribution in [0.15, 0.2) is 12.2 Å². The number of aliphatic hydroxyl groups excluding tert-OH is 1. The highest BCUT2D eigenvalue weighted by Crippen LogP contribution is 2.20. The second kappa shape index (κ2) is 2.84. The Kier molecular flexibility index (Phi) is 2.06. The SMILES string of the molecule is O=C(O)CC1C=CCC1O. The fourth-order valence-corrected chi connectivity index (χ4v) is 1.10. The molecule has 0 saturated carbocycles. The molecular formula is C7H10O3. The molecule has 3 nitrogen and oxygen atoms in total. The molecule has 0 aromatic carbocycles. The van der Waals surface area contributed by atoms with Gasteiger partial charge in [0, 0.05) is 5.92 Å². The van der Waals surface area contributed by atoms with Gasteiger partial charge in [-0.3, -0.25) is 4.79 Å². The van der Waals surface area contributed by atoms with Gasteiger partial charge in [0.25, 0.3) is 0 Å². The molecule has 0 spiro atoms. The average molecular weight is 142 g/mol. The van der Waals surface area contributed by atoms with Crippen molar-refractivity contribution in [3.63, 3.8) is 0 Å². The van der Waals surface area contributed by atoms with Gasteiger partial charge in [0.2, 0.25) is 0 Å². The van der Waals surface area contributed by atoms with Crippen molar-refractivity contribution in [2.75, 3.05) is 0 Å². The van der Waals surface area contributed by atoms with Crippen LogP contribution in [0.1, 0.15) is 12.8 Å². The van der Waals surface area contributed by atoms with E-state index in [4.69, 9.17) is 10.2 Å². The van der Waals surface area contributed by atoms with Crippen molar-refractivity contribution in [3.05, 3.63) is 12.2 Å². The smallest absolute Gasteiger partial charge is 0.304 e. The number of carboxylic acids is 1. The van der Waals surface area contributed by atoms with Gasteiger partial charge in [0.15, 0.2) is 0 Å². The zero-order chi connectivity index (χ0) is 7.56. The van der Waals surface area contributed by atoms with Crippen molar-refractivity contribution in [1.82, 2.24) is 0 Å². The minimum Gasteiger partial charge on any atom is -0.481 e. The van der Waals surface area contributed by atoms with Crippen molar-refractivity contribution in [2.24, 2.45) is 5.92 Å². The third-order valence-corrected chi connectivity index (χ3v) is 1.67. The minimum atomic E-state index is -0.851. The summed E-state index contributed by atoms with van der Waals surface area (Å²) in [6.07, 6.45) is 3.74. The van der Waals surface area contributed by atoms with Crippen molar-refractivity contribution in [2.45, 2.75) is 18.9 Å². The highest BCUT2D eigenvalue weighted by atomic mass is 16.4. The molecule has 56 valence electrons. The zero-order valence-corrected chi connectivity index (χ0v) is 5.53. The first-order valence-electron chi connectivity index (χ1n) is 3.26. The fourth-order valence-electron chi connectivity index (χ4n) is 1.10. The molecule has 0 fully saturated rings. The maximum Gasteiger partial charge on any atom is 0.304 e. The summed E-state index contributed by atoms with van der Waals surface area (Å²) in [6.45, 7) is 0. The predicted molar refractivity (Wildman–Crippen MR) is 35.5 cm³/mol. The Hall–Kier alpha value is -0.830. The zero-order valence-electron chi connectivity index (χ0n) is 5.53. The van der Waals surface area contributed by atoms with E-state index in [1.54, 1.807) is 6.08 Å². The van der Waals surface area contributed by atoms with E-state index < -0.39 is 12.1 Å². The molecule has 0 bridgehead atoms. The van der Waals surface area contributed by atoms with Gasteiger partial charge in [0.1, 0.15) is 0 Å². The molecule has 0 aliphatic heterocycles. The molecule has 3 heteroatoms. The second-order valence-electron chi connectivity index (χ2n) is 2.49. The Morgan fingerprint density at radius 1 is 1.70 bits per heavy atom. The number of rotatable bonds is 2. The van der Waals surface area contributed by atoms with E-state index in [0.29, 0.717) is 6.42 Å². The first-order chi connectivity index (χ1) is 4.70. The van der Waals surface area contributed by atoms with E-state index in [1.165, 1.54) is 0 Å². The maximum atomic E-state index is 10.2. The Balaban J connectivity index is 2.40. The fraction of sp³-hybridized carbons (Fsp3) is 0.571. The van der Waals surface area contributed by atoms with Crippen LogP contribution in [0.5, 0.6) is 0 Å². The number of hydrogen-bond donors (Lipinski definition) is 2. The first kappa shape index (κ1) is 7.28. The highest BCUT2D eigenvalue weighted by Gasteiger charge is 2.22. The molecule has 0 heterocycles. The molecule has 1 aliphatic carbocycles. The van der Waals surface area contributed by atoms with Crippen LogP contribution in [0.4, 0.5) is 0 Å². The van der Waals surface area contributed by atoms with Crippen molar-refractivity contribution >= 4 is 5.97 Å². The third-order valence-electron chi connectivity index (χ3n) is 1.67. The molecule has 0 aromatic rings. The van der Waals surface area contributed by atoms with Gasteiger partial charge >= 0.3 is 5.97 Å². The summed E-state index contributed by atoms with van der Waals surface area (Å²) >= 11 is 0. The standard InChI is InChI=1S/C7H10O3/c8-6-3-1-2-5(6)4-7(9)10/h1-2,5-6,8H,3-4H2,(H,9,10). The van der Waals surface area contributed by atoms with Crippen LogP contribution in [0.3, 0.4) is 0 Å². The molecule has 0 aromatic heterocycles. The molecule has 1 aliphatic rings. The summed E-state index contributed by atoms with van der Waals surface area (Å²) in [5.41, 5.74) is 0. The van der Waals surface area contributed by atoms with Crippen LogP contribution in [0.2, 0.25) is 0 Å². The molecule has 0 amide bonds. The lowest BCUT2D eigenvalue weighted by Gasteiger charge is -2.09. The van der Waals surface area contributed by atoms with E-state index in [-0.39, 0.29) is 12.3 Å². The van der Waals surface area contributed by atoms with Gasteiger partial charge in [0.05, 0.1) is 12.5 Å². The molecule has 0 radical (unpaired) electrons. The molecule has 1 rings (SSSR count). The first-order valence-corrected chi connectivity index (χ1v) is 3.26. The van der Waals surface area contributed by atoms with Gasteiger partial charge in [-0.15, -0.1) is 0 Å². The van der Waals surface area contributed by atoms with E-state index >= 15 is 0 Å². The Labute approximate surface area is 59.0 Å². The normalized spacial score (nSPS) is 30.9. The average Bonchev–Trinajstić information content (AvgIpc) is 2.15. The largest absolute Gasteiger partial charge is 0.481 e. The van der Waals surface area contributed by atoms with Gasteiger partial charge in [-0.25, -0.2) is 0 Å². The van der Waals surface area contributed by atoms with Gasteiger partial charge in [-0.1, -0.05) is 12.2 Å². The lowest BCUT2D eigenvalue weighted by atomic mass is 10.0. The van der Waals surface area contributed by atoms with Crippen LogP contribution in [-0.2, 0) is 4.79 Å². The summed E-state index contributed by atoms with van der Waals surface area (Å²) < 4.78 is 0. The van der Waals surface area contributed by atoms with E-state index in [1.807, 2.05) is 6.08 Å². The molecule has 2 N–H and O–H groups in total. The predicted octanol–water partition coefficient (Wildman–Crippen LogP) is 0.398. The van der Waals surface area contributed by atoms with Crippen molar-refractivity contribution < 1.29 is 15.0 Å². The molecule has 10 heavy (non-hydrogen) atoms. The Morgan fingerprint density at radius 3 is 2.80 bits per heavy atom. The van der Waals surface area contributed by atoms with Crippen LogP contribution in [-0.4, -0.2) is 22.3 Å². The topological polar surface area (TPSA) is 57.5 Å². The van der Waals surface area contributed by atoms with Gasteiger partial charge in [-0.05, 0) is 6.42 Å². The molecule has 2 unspecified atom stereocenters. The number of carbonyl (C=O) groups is 1. The third kappa shape index (κ3) is 1.57. The number of hydrogen-bond acceptors (Lipinski definition) is 2. The minimum absolute atomic E-state index is 0.0394. The Bertz CT molecular complexity index is 162. The molecular weight excluding hydrogens is 132 g/mol. The monoisotopic (exact) mass is 142 g/mol. The van der Waals surface area contributed by atoms with Crippen LogP contribution >= 0.6 is 0 Å². The summed E-state index contributed by atoms with van der Waals surface area (Å²) in [5.74, 6) is -1.02. The number of carboxylic acid groups (broad SMARTS) is 1. The summed E-state index contributed by atoms with van der Waals surface area (Å²) in [4.78, 5) is 10.2. The lowest BCUT2D eigenvalue weighted by Crippen LogP contribution is -2.16. The highest BCUT2D eigenvalue weighted by molar-refractivity contribution is 5.67. The summed E-state index contributed by atoms with van der Waals surface area (Å²) in [7, 11) is 0. The molecule has 2 atom stereocenters. The van der Waals surface area contributed by atoms with E-state index in [2.05, 4.69) is 0 Å². The van der Waals surface area contributed by atoms with Crippen LogP contribution in [0.25, 0.3) is 0 Å². The van der Waals surface area contributed by atoms with Crippen molar-refractivity contribution in [1.29, 1.82) is 0 Å². The van der Waals surface area contributed by atoms with E-state index in [9.17, 15) is 4.79 Å². The Morgan fingerprint density at radius 2 is 2.40 bits per heavy atom. The molecule has 0 saturated heterocycles. The summed E-state index contributed by atoms with van der Waals surface area (Å²) in [6, 6.07) is 0. The van der Waals surface area contributed by atoms with Crippen LogP contribution < -0.4 is 0 Å². The number of aliphatic hydroxyl groups is 1. The number of aliphatic carboxylic acids is 1. The lowest BCUT2D eigenvalue weighted by molar-refractivity contribution is -0.138. The second-order valence-corrected chi connectivity index (χ2v) is 2.49. The van der Waals surface area contributed by atoms with Crippen molar-refractivity contribution in [3.8, 4) is 0 Å². The summed E-state index contributed by atoms with van der Waals surface area (Å²) in [5, 5.41) is 17.5. The quantitative estimate of drug-likeness (QED) is 0.548. The maximum absolute atomic E-state index is 10.2. The van der Waals surface area contributed by atoms with E-state index in [0.717, 1.165) is 0 Å². The van der Waals surface area contributed by atoms with Gasteiger partial charge < -0.3 is 10.2 Å².